The summed E-state index contributed by atoms with van der Waals surface area (Å²) in [6, 6.07) is 13.1. The third kappa shape index (κ3) is 2.99. The summed E-state index contributed by atoms with van der Waals surface area (Å²) in [4.78, 5) is 12.3. The molecule has 0 amide bonds. The van der Waals surface area contributed by atoms with E-state index in [1.54, 1.807) is 20.3 Å². The maximum absolute atomic E-state index is 12.3. The third-order valence-corrected chi connectivity index (χ3v) is 3.26. The maximum atomic E-state index is 12.3. The van der Waals surface area contributed by atoms with Gasteiger partial charge in [0.25, 0.3) is 0 Å². The summed E-state index contributed by atoms with van der Waals surface area (Å²) in [5.41, 5.74) is 2.54. The molecule has 0 saturated heterocycles. The second-order valence-electron chi connectivity index (χ2n) is 4.60. The van der Waals surface area contributed by atoms with Crippen LogP contribution in [0.3, 0.4) is 0 Å². The van der Waals surface area contributed by atoms with Crippen LogP contribution >= 0.6 is 0 Å². The molecule has 0 aliphatic heterocycles. The Morgan fingerprint density at radius 3 is 2.35 bits per heavy atom. The highest BCUT2D eigenvalue weighted by atomic mass is 16.5. The van der Waals surface area contributed by atoms with Crippen molar-refractivity contribution < 1.29 is 14.3 Å². The first-order chi connectivity index (χ1) is 9.65. The Morgan fingerprint density at radius 1 is 1.00 bits per heavy atom. The van der Waals surface area contributed by atoms with Gasteiger partial charge in [-0.3, -0.25) is 4.79 Å². The number of methoxy groups -OCH3 is 2. The number of rotatable bonds is 5. The van der Waals surface area contributed by atoms with Crippen LogP contribution in [-0.2, 0) is 6.42 Å². The first kappa shape index (κ1) is 14.1. The van der Waals surface area contributed by atoms with Crippen LogP contribution in [0.4, 0.5) is 0 Å². The van der Waals surface area contributed by atoms with Gasteiger partial charge in [0, 0.05) is 17.5 Å². The molecule has 0 unspecified atom stereocenters. The first-order valence-electron chi connectivity index (χ1n) is 6.45. The van der Waals surface area contributed by atoms with Crippen molar-refractivity contribution in [3.05, 3.63) is 59.2 Å². The number of benzene rings is 2. The molecule has 0 spiro atoms. The van der Waals surface area contributed by atoms with Crippen molar-refractivity contribution in [2.24, 2.45) is 0 Å². The van der Waals surface area contributed by atoms with Crippen molar-refractivity contribution in [1.82, 2.24) is 0 Å². The number of hydrogen-bond acceptors (Lipinski definition) is 3. The lowest BCUT2D eigenvalue weighted by molar-refractivity contribution is 0.0992. The van der Waals surface area contributed by atoms with Crippen LogP contribution in [-0.4, -0.2) is 20.0 Å². The molecule has 0 bridgehead atoms. The minimum absolute atomic E-state index is 0.0697. The van der Waals surface area contributed by atoms with E-state index in [0.717, 1.165) is 22.6 Å². The topological polar surface area (TPSA) is 35.5 Å². The Morgan fingerprint density at radius 2 is 1.70 bits per heavy atom. The van der Waals surface area contributed by atoms with Crippen LogP contribution in [0.5, 0.6) is 11.5 Å². The van der Waals surface area contributed by atoms with Crippen molar-refractivity contribution in [2.45, 2.75) is 13.3 Å². The van der Waals surface area contributed by atoms with E-state index < -0.39 is 0 Å². The third-order valence-electron chi connectivity index (χ3n) is 3.26. The first-order valence-corrected chi connectivity index (χ1v) is 6.45. The quantitative estimate of drug-likeness (QED) is 0.781. The van der Waals surface area contributed by atoms with Gasteiger partial charge in [-0.25, -0.2) is 0 Å². The van der Waals surface area contributed by atoms with Gasteiger partial charge in [0.2, 0.25) is 0 Å². The van der Waals surface area contributed by atoms with Crippen LogP contribution in [0.15, 0.2) is 42.5 Å². The van der Waals surface area contributed by atoms with Crippen molar-refractivity contribution in [2.75, 3.05) is 14.2 Å². The SMILES string of the molecule is COc1ccc(C(=O)Cc2ccccc2OC)cc1C. The van der Waals surface area contributed by atoms with Gasteiger partial charge in [-0.2, -0.15) is 0 Å². The molecule has 0 saturated carbocycles. The zero-order valence-corrected chi connectivity index (χ0v) is 12.0. The summed E-state index contributed by atoms with van der Waals surface area (Å²) in [5, 5.41) is 0. The Hall–Kier alpha value is -2.29. The second kappa shape index (κ2) is 6.24. The second-order valence-corrected chi connectivity index (χ2v) is 4.60. The summed E-state index contributed by atoms with van der Waals surface area (Å²) in [5.74, 6) is 1.60. The van der Waals surface area contributed by atoms with Crippen molar-refractivity contribution in [3.8, 4) is 11.5 Å². The number of ketones is 1. The molecule has 104 valence electrons. The summed E-state index contributed by atoms with van der Waals surface area (Å²) in [6.45, 7) is 1.93. The summed E-state index contributed by atoms with van der Waals surface area (Å²) in [6.07, 6.45) is 0.329. The summed E-state index contributed by atoms with van der Waals surface area (Å²) in [7, 11) is 3.24. The summed E-state index contributed by atoms with van der Waals surface area (Å²) >= 11 is 0. The minimum Gasteiger partial charge on any atom is -0.496 e. The van der Waals surface area contributed by atoms with Gasteiger partial charge in [0.05, 0.1) is 14.2 Å². The van der Waals surface area contributed by atoms with E-state index in [2.05, 4.69) is 0 Å². The van der Waals surface area contributed by atoms with Crippen molar-refractivity contribution >= 4 is 5.78 Å². The molecule has 0 aliphatic rings. The fourth-order valence-corrected chi connectivity index (χ4v) is 2.18. The zero-order chi connectivity index (χ0) is 14.5. The number of hydrogen-bond donors (Lipinski definition) is 0. The zero-order valence-electron chi connectivity index (χ0n) is 12.0. The van der Waals surface area contributed by atoms with Crippen molar-refractivity contribution in [3.63, 3.8) is 0 Å². The molecule has 0 radical (unpaired) electrons. The van der Waals surface area contributed by atoms with Gasteiger partial charge in [0.15, 0.2) is 5.78 Å². The normalized spacial score (nSPS) is 10.2. The lowest BCUT2D eigenvalue weighted by atomic mass is 10.0. The van der Waals surface area contributed by atoms with Crippen LogP contribution in [0, 0.1) is 6.92 Å². The highest BCUT2D eigenvalue weighted by Gasteiger charge is 2.11. The van der Waals surface area contributed by atoms with Gasteiger partial charge in [-0.15, -0.1) is 0 Å². The molecule has 0 aliphatic carbocycles. The van der Waals surface area contributed by atoms with E-state index in [0.29, 0.717) is 12.0 Å². The molecule has 0 fully saturated rings. The molecule has 2 aromatic carbocycles. The smallest absolute Gasteiger partial charge is 0.167 e. The van der Waals surface area contributed by atoms with E-state index >= 15 is 0 Å². The standard InChI is InChI=1S/C17H18O3/c1-12-10-13(8-9-16(12)19-2)15(18)11-14-6-4-5-7-17(14)20-3/h4-10H,11H2,1-3H3. The van der Waals surface area contributed by atoms with E-state index in [1.807, 2.05) is 43.3 Å². The Kier molecular flexibility index (Phi) is 4.41. The molecule has 2 aromatic rings. The van der Waals surface area contributed by atoms with Crippen LogP contribution in [0.25, 0.3) is 0 Å². The van der Waals surface area contributed by atoms with E-state index in [4.69, 9.17) is 9.47 Å². The van der Waals surface area contributed by atoms with Gasteiger partial charge in [-0.05, 0) is 36.8 Å². The predicted octanol–water partition coefficient (Wildman–Crippen LogP) is 3.44. The lowest BCUT2D eigenvalue weighted by Crippen LogP contribution is -2.05. The van der Waals surface area contributed by atoms with Crippen LogP contribution in [0.2, 0.25) is 0 Å². The minimum atomic E-state index is 0.0697. The number of carbonyl (C=O) groups is 1. The molecule has 0 atom stereocenters. The summed E-state index contributed by atoms with van der Waals surface area (Å²) < 4.78 is 10.5. The molecule has 3 nitrogen and oxygen atoms in total. The van der Waals surface area contributed by atoms with Gasteiger partial charge in [-0.1, -0.05) is 18.2 Å². The predicted molar refractivity (Wildman–Crippen MR) is 78.8 cm³/mol. The number of Topliss-reactive ketones (excluding diaryl/α,β-unsaturated/α-hetero) is 1. The lowest BCUT2D eigenvalue weighted by Gasteiger charge is -2.09. The molecular weight excluding hydrogens is 252 g/mol. The Labute approximate surface area is 119 Å². The average Bonchev–Trinajstić information content (AvgIpc) is 2.47. The maximum Gasteiger partial charge on any atom is 0.167 e. The van der Waals surface area contributed by atoms with Gasteiger partial charge in [0.1, 0.15) is 11.5 Å². The number of ether oxygens (including phenoxy) is 2. The molecular formula is C17H18O3. The fourth-order valence-electron chi connectivity index (χ4n) is 2.18. The molecule has 20 heavy (non-hydrogen) atoms. The van der Waals surface area contributed by atoms with E-state index in [9.17, 15) is 4.79 Å². The Balaban J connectivity index is 2.22. The molecule has 3 heteroatoms. The fraction of sp³-hybridized carbons (Fsp3) is 0.235. The highest BCUT2D eigenvalue weighted by Crippen LogP contribution is 2.22. The number of aryl methyl sites for hydroxylation is 1. The van der Waals surface area contributed by atoms with Gasteiger partial charge < -0.3 is 9.47 Å². The van der Waals surface area contributed by atoms with E-state index in [-0.39, 0.29) is 5.78 Å². The molecule has 0 heterocycles. The largest absolute Gasteiger partial charge is 0.496 e. The average molecular weight is 270 g/mol. The monoisotopic (exact) mass is 270 g/mol. The van der Waals surface area contributed by atoms with Crippen LogP contribution < -0.4 is 9.47 Å². The Bertz CT molecular complexity index is 617. The van der Waals surface area contributed by atoms with Crippen molar-refractivity contribution in [1.29, 1.82) is 0 Å². The number of para-hydroxylation sites is 1. The number of carbonyl (C=O) groups excluding carboxylic acids is 1. The molecule has 0 aromatic heterocycles. The highest BCUT2D eigenvalue weighted by molar-refractivity contribution is 5.98. The molecule has 0 N–H and O–H groups in total. The van der Waals surface area contributed by atoms with Gasteiger partial charge >= 0.3 is 0 Å². The van der Waals surface area contributed by atoms with Crippen LogP contribution in [0.1, 0.15) is 21.5 Å². The van der Waals surface area contributed by atoms with E-state index in [1.165, 1.54) is 0 Å². The molecule has 2 rings (SSSR count).